The molecule has 4 aromatic rings. The number of ether oxygens (including phenoxy) is 1. The minimum absolute atomic E-state index is 0.218. The molecule has 1 fully saturated rings. The number of anilines is 1. The number of hydrogen-bond donors (Lipinski definition) is 0. The van der Waals surface area contributed by atoms with Gasteiger partial charge in [0.25, 0.3) is 0 Å². The first kappa shape index (κ1) is 26.9. The molecule has 0 spiro atoms. The van der Waals surface area contributed by atoms with Crippen molar-refractivity contribution in [2.45, 2.75) is 6.42 Å². The van der Waals surface area contributed by atoms with E-state index in [2.05, 4.69) is 14.8 Å². The molecule has 39 heavy (non-hydrogen) atoms. The second-order valence-corrected chi connectivity index (χ2v) is 9.94. The molecule has 0 radical (unpaired) electrons. The van der Waals surface area contributed by atoms with Crippen LogP contribution in [0.3, 0.4) is 0 Å². The predicted molar refractivity (Wildman–Crippen MR) is 150 cm³/mol. The maximum Gasteiger partial charge on any atom is 0.332 e. The topological polar surface area (TPSA) is 55.5 Å². The molecule has 0 saturated carbocycles. The second kappa shape index (κ2) is 11.6. The maximum absolute atomic E-state index is 15.0. The Labute approximate surface area is 230 Å². The van der Waals surface area contributed by atoms with Gasteiger partial charge in [-0.15, -0.1) is 0 Å². The molecule has 10 heteroatoms. The van der Waals surface area contributed by atoms with Gasteiger partial charge in [0.2, 0.25) is 0 Å². The monoisotopic (exact) mass is 553 g/mol. The van der Waals surface area contributed by atoms with E-state index in [1.165, 1.54) is 21.3 Å². The van der Waals surface area contributed by atoms with Gasteiger partial charge >= 0.3 is 5.69 Å². The third-order valence-electron chi connectivity index (χ3n) is 7.08. The fourth-order valence-electron chi connectivity index (χ4n) is 5.00. The SMILES string of the molecule is COc1c(-c2ccnc(N3CCN(CCCF)CC3)c2)cc(F)cc1-c1ccc(-n2ccn(C)c2=O)c(Cl)c1. The lowest BCUT2D eigenvalue weighted by Gasteiger charge is -2.35. The van der Waals surface area contributed by atoms with Crippen LogP contribution < -0.4 is 15.3 Å². The smallest absolute Gasteiger partial charge is 0.332 e. The Kier molecular flexibility index (Phi) is 7.99. The van der Waals surface area contributed by atoms with Crippen LogP contribution in [0.15, 0.2) is 65.8 Å². The van der Waals surface area contributed by atoms with Crippen molar-refractivity contribution in [2.24, 2.45) is 7.05 Å². The average molecular weight is 554 g/mol. The third-order valence-corrected chi connectivity index (χ3v) is 7.39. The van der Waals surface area contributed by atoms with Crippen molar-refractivity contribution in [3.63, 3.8) is 0 Å². The van der Waals surface area contributed by atoms with Gasteiger partial charge in [-0.25, -0.2) is 14.2 Å². The molecule has 204 valence electrons. The number of alkyl halides is 1. The minimum atomic E-state index is -0.417. The van der Waals surface area contributed by atoms with E-state index in [-0.39, 0.29) is 12.4 Å². The van der Waals surface area contributed by atoms with Gasteiger partial charge in [-0.1, -0.05) is 17.7 Å². The maximum atomic E-state index is 15.0. The first-order chi connectivity index (χ1) is 18.9. The standard InChI is InChI=1S/C29H30ClF2N5O2/c1-34-10-15-37(29(34)38)26-5-4-20(16-25(26)30)23-18-22(32)19-24(28(23)39-2)21-6-8-33-27(17-21)36-13-11-35(12-14-36)9-3-7-31/h4-6,8,10,15-19H,3,7,9,11-14H2,1-2H3. The lowest BCUT2D eigenvalue weighted by molar-refractivity contribution is 0.244. The summed E-state index contributed by atoms with van der Waals surface area (Å²) in [5, 5.41) is 0.352. The van der Waals surface area contributed by atoms with Crippen LogP contribution in [0.5, 0.6) is 5.75 Å². The summed E-state index contributed by atoms with van der Waals surface area (Å²) in [5.41, 5.74) is 2.88. The molecule has 0 aliphatic carbocycles. The first-order valence-electron chi connectivity index (χ1n) is 12.8. The molecular formula is C29H30ClF2N5O2. The van der Waals surface area contributed by atoms with Crippen LogP contribution in [0.1, 0.15) is 6.42 Å². The highest BCUT2D eigenvalue weighted by Crippen LogP contribution is 2.41. The van der Waals surface area contributed by atoms with Crippen molar-refractivity contribution in [3.05, 3.63) is 82.4 Å². The van der Waals surface area contributed by atoms with Crippen molar-refractivity contribution in [3.8, 4) is 33.7 Å². The Balaban J connectivity index is 1.47. The van der Waals surface area contributed by atoms with Gasteiger partial charge in [0.1, 0.15) is 17.4 Å². The molecule has 1 aliphatic heterocycles. The molecular weight excluding hydrogens is 524 g/mol. The van der Waals surface area contributed by atoms with E-state index in [9.17, 15) is 9.18 Å². The quantitative estimate of drug-likeness (QED) is 0.301. The Morgan fingerprint density at radius 3 is 2.33 bits per heavy atom. The summed E-state index contributed by atoms with van der Waals surface area (Å²) in [6.07, 6.45) is 5.57. The Bertz CT molecular complexity index is 1530. The number of imidazole rings is 1. The largest absolute Gasteiger partial charge is 0.495 e. The number of nitrogens with zero attached hydrogens (tertiary/aromatic N) is 5. The molecule has 0 atom stereocenters. The summed E-state index contributed by atoms with van der Waals surface area (Å²) < 4.78 is 36.3. The van der Waals surface area contributed by atoms with Gasteiger partial charge in [-0.2, -0.15) is 0 Å². The Hall–Kier alpha value is -3.69. The van der Waals surface area contributed by atoms with Crippen LogP contribution in [-0.4, -0.2) is 65.5 Å². The fraction of sp³-hybridized carbons (Fsp3) is 0.310. The van der Waals surface area contributed by atoms with Gasteiger partial charge in [-0.3, -0.25) is 13.9 Å². The fourth-order valence-corrected chi connectivity index (χ4v) is 5.27. The number of piperazine rings is 1. The normalized spacial score (nSPS) is 14.1. The van der Waals surface area contributed by atoms with E-state index in [1.807, 2.05) is 12.1 Å². The molecule has 2 aromatic heterocycles. The molecule has 1 aliphatic rings. The number of benzene rings is 2. The molecule has 3 heterocycles. The number of aromatic nitrogens is 3. The van der Waals surface area contributed by atoms with Crippen LogP contribution in [0.25, 0.3) is 27.9 Å². The number of methoxy groups -OCH3 is 1. The summed E-state index contributed by atoms with van der Waals surface area (Å²) >= 11 is 6.59. The molecule has 7 nitrogen and oxygen atoms in total. The number of halogens is 3. The van der Waals surface area contributed by atoms with Crippen molar-refractivity contribution >= 4 is 17.4 Å². The van der Waals surface area contributed by atoms with Gasteiger partial charge < -0.3 is 14.2 Å². The predicted octanol–water partition coefficient (Wildman–Crippen LogP) is 5.19. The van der Waals surface area contributed by atoms with Crippen molar-refractivity contribution in [1.29, 1.82) is 0 Å². The number of rotatable bonds is 8. The van der Waals surface area contributed by atoms with Crippen molar-refractivity contribution in [1.82, 2.24) is 19.0 Å². The number of hydrogen-bond acceptors (Lipinski definition) is 5. The van der Waals surface area contributed by atoms with E-state index >= 15 is 4.39 Å². The summed E-state index contributed by atoms with van der Waals surface area (Å²) in [4.78, 5) is 21.4. The number of pyridine rings is 1. The van der Waals surface area contributed by atoms with Crippen LogP contribution in [0, 0.1) is 5.82 Å². The number of aryl methyl sites for hydroxylation is 1. The third kappa shape index (κ3) is 5.55. The molecule has 5 rings (SSSR count). The van der Waals surface area contributed by atoms with Crippen LogP contribution in [0.4, 0.5) is 14.6 Å². The molecule has 0 N–H and O–H groups in total. The van der Waals surface area contributed by atoms with Crippen LogP contribution in [0.2, 0.25) is 5.02 Å². The van der Waals surface area contributed by atoms with E-state index in [0.29, 0.717) is 39.6 Å². The van der Waals surface area contributed by atoms with Gasteiger partial charge in [0.15, 0.2) is 0 Å². The highest BCUT2D eigenvalue weighted by molar-refractivity contribution is 6.32. The molecule has 1 saturated heterocycles. The van der Waals surface area contributed by atoms with E-state index < -0.39 is 5.82 Å². The Morgan fingerprint density at radius 1 is 1.00 bits per heavy atom. The van der Waals surface area contributed by atoms with Gasteiger partial charge in [0, 0.05) is 69.5 Å². The lowest BCUT2D eigenvalue weighted by atomic mass is 9.97. The zero-order valence-corrected chi connectivity index (χ0v) is 22.7. The first-order valence-corrected chi connectivity index (χ1v) is 13.2. The molecule has 2 aromatic carbocycles. The van der Waals surface area contributed by atoms with Gasteiger partial charge in [-0.05, 0) is 53.9 Å². The molecule has 0 amide bonds. The van der Waals surface area contributed by atoms with E-state index in [0.717, 1.165) is 44.1 Å². The second-order valence-electron chi connectivity index (χ2n) is 9.54. The summed E-state index contributed by atoms with van der Waals surface area (Å²) in [6.45, 7) is 3.70. The molecule has 0 unspecified atom stereocenters. The van der Waals surface area contributed by atoms with Crippen LogP contribution >= 0.6 is 11.6 Å². The van der Waals surface area contributed by atoms with Gasteiger partial charge in [0.05, 0.1) is 24.5 Å². The highest BCUT2D eigenvalue weighted by Gasteiger charge is 2.21. The summed E-state index contributed by atoms with van der Waals surface area (Å²) in [6, 6.07) is 11.9. The average Bonchev–Trinajstić information content (AvgIpc) is 3.29. The van der Waals surface area contributed by atoms with Crippen molar-refractivity contribution in [2.75, 3.05) is 51.4 Å². The van der Waals surface area contributed by atoms with E-state index in [1.54, 1.807) is 50.9 Å². The van der Waals surface area contributed by atoms with Crippen LogP contribution in [-0.2, 0) is 7.05 Å². The Morgan fingerprint density at radius 2 is 1.72 bits per heavy atom. The zero-order chi connectivity index (χ0) is 27.5. The summed E-state index contributed by atoms with van der Waals surface area (Å²) in [7, 11) is 3.22. The molecule has 0 bridgehead atoms. The summed E-state index contributed by atoms with van der Waals surface area (Å²) in [5.74, 6) is 0.886. The van der Waals surface area contributed by atoms with Crippen molar-refractivity contribution < 1.29 is 13.5 Å². The minimum Gasteiger partial charge on any atom is -0.495 e. The highest BCUT2D eigenvalue weighted by atomic mass is 35.5. The zero-order valence-electron chi connectivity index (χ0n) is 21.9. The lowest BCUT2D eigenvalue weighted by Crippen LogP contribution is -2.47. The van der Waals surface area contributed by atoms with E-state index in [4.69, 9.17) is 16.3 Å².